The maximum Gasteiger partial charge on any atom is 0.281 e. The van der Waals surface area contributed by atoms with Crippen LogP contribution in [0.3, 0.4) is 0 Å². The number of carbonyl (C=O) groups is 1. The highest BCUT2D eigenvalue weighted by molar-refractivity contribution is 7.86. The molecule has 1 aromatic rings. The molecule has 0 radical (unpaired) electrons. The second kappa shape index (κ2) is 8.02. The van der Waals surface area contributed by atoms with Crippen molar-refractivity contribution in [3.05, 3.63) is 35.6 Å². The van der Waals surface area contributed by atoms with E-state index >= 15 is 0 Å². The normalized spacial score (nSPS) is 21.6. The Morgan fingerprint density at radius 2 is 1.62 bits per heavy atom. The van der Waals surface area contributed by atoms with Gasteiger partial charge in [0.2, 0.25) is 5.91 Å². The summed E-state index contributed by atoms with van der Waals surface area (Å²) in [4.78, 5) is 12.5. The van der Waals surface area contributed by atoms with E-state index in [-0.39, 0.29) is 23.7 Å². The van der Waals surface area contributed by atoms with Gasteiger partial charge in [-0.25, -0.2) is 4.39 Å². The molecule has 1 amide bonds. The molecule has 2 heterocycles. The highest BCUT2D eigenvalue weighted by Crippen LogP contribution is 2.24. The third kappa shape index (κ3) is 4.24. The van der Waals surface area contributed by atoms with Gasteiger partial charge < -0.3 is 5.32 Å². The second-order valence-corrected chi connectivity index (χ2v) is 9.00. The van der Waals surface area contributed by atoms with Crippen molar-refractivity contribution in [2.75, 3.05) is 26.2 Å². The quantitative estimate of drug-likeness (QED) is 0.846. The topological polar surface area (TPSA) is 69.7 Å². The Bertz CT molecular complexity index is 725. The second-order valence-electron chi connectivity index (χ2n) is 7.07. The van der Waals surface area contributed by atoms with E-state index in [1.807, 2.05) is 6.92 Å². The van der Waals surface area contributed by atoms with Crippen LogP contribution in [0.15, 0.2) is 24.3 Å². The summed E-state index contributed by atoms with van der Waals surface area (Å²) in [6.07, 6.45) is 2.88. The Hall–Kier alpha value is -1.51. The van der Waals surface area contributed by atoms with Crippen LogP contribution in [0.5, 0.6) is 0 Å². The number of piperidine rings is 1. The number of benzene rings is 1. The summed E-state index contributed by atoms with van der Waals surface area (Å²) in [5, 5.41) is 2.95. The molecule has 2 aliphatic rings. The van der Waals surface area contributed by atoms with Gasteiger partial charge in [0.1, 0.15) is 5.82 Å². The molecule has 1 unspecified atom stereocenters. The van der Waals surface area contributed by atoms with E-state index in [1.165, 1.54) is 16.4 Å². The summed E-state index contributed by atoms with van der Waals surface area (Å²) in [6, 6.07) is 5.85. The van der Waals surface area contributed by atoms with Crippen molar-refractivity contribution < 1.29 is 17.6 Å². The van der Waals surface area contributed by atoms with Gasteiger partial charge in [-0.15, -0.1) is 0 Å². The minimum Gasteiger partial charge on any atom is -0.349 e. The first-order valence-electron chi connectivity index (χ1n) is 9.19. The molecule has 2 aliphatic heterocycles. The first-order chi connectivity index (χ1) is 12.4. The Labute approximate surface area is 154 Å². The minimum atomic E-state index is -3.38. The molecule has 2 fully saturated rings. The summed E-state index contributed by atoms with van der Waals surface area (Å²) in [7, 11) is -3.38. The molecule has 1 N–H and O–H groups in total. The van der Waals surface area contributed by atoms with Crippen LogP contribution in [0.1, 0.15) is 44.2 Å². The molecule has 0 saturated carbocycles. The van der Waals surface area contributed by atoms with Crippen LogP contribution in [0.2, 0.25) is 0 Å². The van der Waals surface area contributed by atoms with Gasteiger partial charge in [-0.1, -0.05) is 12.1 Å². The van der Waals surface area contributed by atoms with Crippen LogP contribution in [-0.2, 0) is 15.0 Å². The molecular formula is C18H26FN3O3S. The lowest BCUT2D eigenvalue weighted by Gasteiger charge is -2.33. The molecular weight excluding hydrogens is 357 g/mol. The summed E-state index contributed by atoms with van der Waals surface area (Å²) >= 11 is 0. The average Bonchev–Trinajstić information content (AvgIpc) is 3.18. The van der Waals surface area contributed by atoms with Gasteiger partial charge in [0.05, 0.1) is 6.04 Å². The number of hydrogen-bond acceptors (Lipinski definition) is 3. The van der Waals surface area contributed by atoms with E-state index in [1.54, 1.807) is 16.4 Å². The summed E-state index contributed by atoms with van der Waals surface area (Å²) in [5.74, 6) is -0.568. The number of hydrogen-bond donors (Lipinski definition) is 1. The van der Waals surface area contributed by atoms with Gasteiger partial charge >= 0.3 is 0 Å². The molecule has 1 atom stereocenters. The van der Waals surface area contributed by atoms with Gasteiger partial charge in [-0.05, 0) is 50.3 Å². The molecule has 3 rings (SSSR count). The number of nitrogens with zero attached hydrogens (tertiary/aromatic N) is 2. The maximum atomic E-state index is 13.0. The Balaban J connectivity index is 1.52. The molecule has 0 aliphatic carbocycles. The number of carbonyl (C=O) groups excluding carboxylic acids is 1. The zero-order valence-electron chi connectivity index (χ0n) is 15.0. The summed E-state index contributed by atoms with van der Waals surface area (Å²) in [5.41, 5.74) is 0.841. The van der Waals surface area contributed by atoms with E-state index in [9.17, 15) is 17.6 Å². The van der Waals surface area contributed by atoms with Crippen LogP contribution in [-0.4, -0.2) is 49.1 Å². The van der Waals surface area contributed by atoms with E-state index in [4.69, 9.17) is 0 Å². The van der Waals surface area contributed by atoms with E-state index in [2.05, 4.69) is 5.32 Å². The lowest BCUT2D eigenvalue weighted by molar-refractivity contribution is -0.126. The zero-order chi connectivity index (χ0) is 18.7. The molecule has 6 nitrogen and oxygen atoms in total. The van der Waals surface area contributed by atoms with E-state index in [0.717, 1.165) is 18.4 Å². The first kappa shape index (κ1) is 19.3. The zero-order valence-corrected chi connectivity index (χ0v) is 15.8. The Morgan fingerprint density at radius 3 is 2.19 bits per heavy atom. The predicted molar refractivity (Wildman–Crippen MR) is 97.0 cm³/mol. The maximum absolute atomic E-state index is 13.0. The van der Waals surface area contributed by atoms with Crippen molar-refractivity contribution in [1.29, 1.82) is 0 Å². The number of nitrogens with one attached hydrogen (secondary N) is 1. The third-order valence-corrected chi connectivity index (χ3v) is 7.31. The van der Waals surface area contributed by atoms with Crippen molar-refractivity contribution in [3.63, 3.8) is 0 Å². The van der Waals surface area contributed by atoms with Gasteiger partial charge in [0, 0.05) is 32.1 Å². The molecule has 1 aromatic carbocycles. The lowest BCUT2D eigenvalue weighted by atomic mass is 9.96. The largest absolute Gasteiger partial charge is 0.349 e. The fourth-order valence-corrected chi connectivity index (χ4v) is 5.32. The SMILES string of the molecule is CC(NC(=O)C1CCN(S(=O)(=O)N2CCCC2)CC1)c1ccc(F)cc1. The van der Waals surface area contributed by atoms with Crippen LogP contribution < -0.4 is 5.32 Å². The van der Waals surface area contributed by atoms with Crippen LogP contribution in [0.25, 0.3) is 0 Å². The standard InChI is InChI=1S/C18H26FN3O3S/c1-14(15-4-6-17(19)7-5-15)20-18(23)16-8-12-22(13-9-16)26(24,25)21-10-2-3-11-21/h4-7,14,16H,2-3,8-13H2,1H3,(H,20,23). The molecule has 0 bridgehead atoms. The first-order valence-corrected chi connectivity index (χ1v) is 10.6. The third-order valence-electron chi connectivity index (χ3n) is 5.27. The highest BCUT2D eigenvalue weighted by Gasteiger charge is 2.35. The van der Waals surface area contributed by atoms with Crippen molar-refractivity contribution in [2.24, 2.45) is 5.92 Å². The van der Waals surface area contributed by atoms with E-state index in [0.29, 0.717) is 39.0 Å². The van der Waals surface area contributed by atoms with Crippen molar-refractivity contribution >= 4 is 16.1 Å². The minimum absolute atomic E-state index is 0.0694. The molecule has 26 heavy (non-hydrogen) atoms. The van der Waals surface area contributed by atoms with Gasteiger partial charge in [-0.2, -0.15) is 17.0 Å². The van der Waals surface area contributed by atoms with Crippen LogP contribution in [0.4, 0.5) is 4.39 Å². The number of halogens is 1. The average molecular weight is 383 g/mol. The van der Waals surface area contributed by atoms with Gasteiger partial charge in [0.25, 0.3) is 10.2 Å². The summed E-state index contributed by atoms with van der Waals surface area (Å²) in [6.45, 7) is 3.80. The van der Waals surface area contributed by atoms with Crippen LogP contribution >= 0.6 is 0 Å². The number of amides is 1. The fourth-order valence-electron chi connectivity index (χ4n) is 3.60. The van der Waals surface area contributed by atoms with E-state index < -0.39 is 10.2 Å². The van der Waals surface area contributed by atoms with Gasteiger partial charge in [0.15, 0.2) is 0 Å². The molecule has 0 aromatic heterocycles. The monoisotopic (exact) mass is 383 g/mol. The number of rotatable bonds is 5. The fraction of sp³-hybridized carbons (Fsp3) is 0.611. The lowest BCUT2D eigenvalue weighted by Crippen LogP contribution is -2.48. The van der Waals surface area contributed by atoms with Crippen molar-refractivity contribution in [3.8, 4) is 0 Å². The highest BCUT2D eigenvalue weighted by atomic mass is 32.2. The molecule has 0 spiro atoms. The smallest absolute Gasteiger partial charge is 0.281 e. The molecule has 8 heteroatoms. The molecule has 144 valence electrons. The van der Waals surface area contributed by atoms with Gasteiger partial charge in [-0.3, -0.25) is 4.79 Å². The van der Waals surface area contributed by atoms with Crippen molar-refractivity contribution in [1.82, 2.24) is 13.9 Å². The Morgan fingerprint density at radius 1 is 1.08 bits per heavy atom. The molecule has 2 saturated heterocycles. The Kier molecular flexibility index (Phi) is 5.94. The predicted octanol–water partition coefficient (Wildman–Crippen LogP) is 2.06. The van der Waals surface area contributed by atoms with Crippen molar-refractivity contribution in [2.45, 2.75) is 38.6 Å². The summed E-state index contributed by atoms with van der Waals surface area (Å²) < 4.78 is 41.2. The van der Waals surface area contributed by atoms with Crippen LogP contribution in [0, 0.1) is 11.7 Å².